The topological polar surface area (TPSA) is 38.5 Å². The molecule has 2 N–H and O–H groups in total. The number of nitrogens with zero attached hydrogens (tertiary/aromatic N) is 1. The minimum atomic E-state index is 0.413. The van der Waals surface area contributed by atoms with Crippen LogP contribution in [0.1, 0.15) is 18.4 Å². The van der Waals surface area contributed by atoms with Crippen LogP contribution in [0.25, 0.3) is 0 Å². The third kappa shape index (κ3) is 3.91. The molecule has 0 bridgehead atoms. The minimum absolute atomic E-state index is 0.413. The van der Waals surface area contributed by atoms with Crippen LogP contribution in [0.5, 0.6) is 5.75 Å². The molecule has 0 spiro atoms. The number of piperidine rings is 1. The Balaban J connectivity index is 1.99. The van der Waals surface area contributed by atoms with Gasteiger partial charge in [-0.15, -0.1) is 0 Å². The van der Waals surface area contributed by atoms with E-state index in [0.717, 1.165) is 42.7 Å². The van der Waals surface area contributed by atoms with E-state index in [0.29, 0.717) is 10.9 Å². The first kappa shape index (κ1) is 14.8. The molecule has 1 fully saturated rings. The molecule has 0 saturated carbocycles. The molecule has 1 aromatic carbocycles. The fourth-order valence-electron chi connectivity index (χ4n) is 2.49. The zero-order chi connectivity index (χ0) is 13.8. The number of nitrogens with two attached hydrogens (primary N) is 1. The molecule has 1 aromatic rings. The van der Waals surface area contributed by atoms with E-state index in [9.17, 15) is 0 Å². The maximum atomic E-state index is 5.72. The van der Waals surface area contributed by atoms with Crippen molar-refractivity contribution in [2.24, 2.45) is 11.7 Å². The quantitative estimate of drug-likeness (QED) is 0.853. The highest BCUT2D eigenvalue weighted by Crippen LogP contribution is 2.26. The first-order valence-corrected chi connectivity index (χ1v) is 7.64. The van der Waals surface area contributed by atoms with Gasteiger partial charge in [0.1, 0.15) is 5.75 Å². The molecule has 0 aliphatic carbocycles. The normalized spacial score (nSPS) is 17.4. The summed E-state index contributed by atoms with van der Waals surface area (Å²) in [5, 5.41) is 0. The fourth-order valence-corrected chi connectivity index (χ4v) is 3.13. The summed E-state index contributed by atoms with van der Waals surface area (Å²) in [6, 6.07) is 6.13. The molecule has 1 aliphatic rings. The second kappa shape index (κ2) is 6.68. The van der Waals surface area contributed by atoms with Gasteiger partial charge in [0.15, 0.2) is 0 Å². The lowest BCUT2D eigenvalue weighted by Gasteiger charge is -2.31. The SMILES string of the molecule is COc1ccc(Br)cc1CN1CCC(C(N)=S)CC1. The van der Waals surface area contributed by atoms with Crippen molar-refractivity contribution in [3.8, 4) is 5.75 Å². The second-order valence-corrected chi connectivity index (χ2v) is 6.30. The van der Waals surface area contributed by atoms with Gasteiger partial charge in [-0.2, -0.15) is 0 Å². The molecule has 0 amide bonds. The van der Waals surface area contributed by atoms with Gasteiger partial charge in [-0.3, -0.25) is 4.90 Å². The average Bonchev–Trinajstić information content (AvgIpc) is 2.39. The van der Waals surface area contributed by atoms with Crippen LogP contribution < -0.4 is 10.5 Å². The van der Waals surface area contributed by atoms with Gasteiger partial charge in [-0.1, -0.05) is 28.1 Å². The van der Waals surface area contributed by atoms with Gasteiger partial charge in [-0.05, 0) is 44.1 Å². The van der Waals surface area contributed by atoms with Gasteiger partial charge < -0.3 is 10.5 Å². The largest absolute Gasteiger partial charge is 0.496 e. The fraction of sp³-hybridized carbons (Fsp3) is 0.500. The standard InChI is InChI=1S/C14H19BrN2OS/c1-18-13-3-2-12(15)8-11(13)9-17-6-4-10(5-7-17)14(16)19/h2-3,8,10H,4-7,9H2,1H3,(H2,16,19). The van der Waals surface area contributed by atoms with Crippen LogP contribution in [0.4, 0.5) is 0 Å². The number of hydrogen-bond acceptors (Lipinski definition) is 3. The zero-order valence-electron chi connectivity index (χ0n) is 11.1. The van der Waals surface area contributed by atoms with Crippen LogP contribution in [-0.4, -0.2) is 30.1 Å². The summed E-state index contributed by atoms with van der Waals surface area (Å²) >= 11 is 8.58. The average molecular weight is 343 g/mol. The molecule has 104 valence electrons. The minimum Gasteiger partial charge on any atom is -0.496 e. The summed E-state index contributed by atoms with van der Waals surface area (Å²) in [4.78, 5) is 3.10. The van der Waals surface area contributed by atoms with Gasteiger partial charge in [0.25, 0.3) is 0 Å². The van der Waals surface area contributed by atoms with Crippen molar-refractivity contribution in [3.05, 3.63) is 28.2 Å². The Morgan fingerprint density at radius 3 is 2.74 bits per heavy atom. The lowest BCUT2D eigenvalue weighted by atomic mass is 9.96. The van der Waals surface area contributed by atoms with Crippen molar-refractivity contribution in [1.82, 2.24) is 4.90 Å². The van der Waals surface area contributed by atoms with Gasteiger partial charge in [0.2, 0.25) is 0 Å². The molecule has 1 saturated heterocycles. The number of likely N-dealkylation sites (tertiary alicyclic amines) is 1. The van der Waals surface area contributed by atoms with Gasteiger partial charge in [0.05, 0.1) is 12.1 Å². The first-order chi connectivity index (χ1) is 9.10. The van der Waals surface area contributed by atoms with E-state index in [2.05, 4.69) is 26.9 Å². The van der Waals surface area contributed by atoms with E-state index >= 15 is 0 Å². The summed E-state index contributed by atoms with van der Waals surface area (Å²) in [5.41, 5.74) is 6.93. The Kier molecular flexibility index (Phi) is 5.19. The summed E-state index contributed by atoms with van der Waals surface area (Å²) in [5.74, 6) is 1.36. The summed E-state index contributed by atoms with van der Waals surface area (Å²) in [7, 11) is 1.71. The molecule has 2 rings (SSSR count). The van der Waals surface area contributed by atoms with E-state index < -0.39 is 0 Å². The van der Waals surface area contributed by atoms with Crippen LogP contribution in [0, 0.1) is 5.92 Å². The Hall–Kier alpha value is -0.650. The van der Waals surface area contributed by atoms with Gasteiger partial charge in [0, 0.05) is 22.5 Å². The predicted molar refractivity (Wildman–Crippen MR) is 85.5 cm³/mol. The predicted octanol–water partition coefficient (Wildman–Crippen LogP) is 2.96. The van der Waals surface area contributed by atoms with E-state index in [1.165, 1.54) is 5.56 Å². The highest BCUT2D eigenvalue weighted by Gasteiger charge is 2.21. The van der Waals surface area contributed by atoms with Crippen LogP contribution in [0.3, 0.4) is 0 Å². The van der Waals surface area contributed by atoms with Crippen molar-refractivity contribution >= 4 is 33.1 Å². The summed E-state index contributed by atoms with van der Waals surface area (Å²) < 4.78 is 6.50. The Labute approximate surface area is 128 Å². The maximum absolute atomic E-state index is 5.72. The molecule has 3 nitrogen and oxygen atoms in total. The number of methoxy groups -OCH3 is 1. The van der Waals surface area contributed by atoms with Crippen molar-refractivity contribution in [3.63, 3.8) is 0 Å². The molecule has 5 heteroatoms. The van der Waals surface area contributed by atoms with Crippen LogP contribution in [0.15, 0.2) is 22.7 Å². The molecule has 19 heavy (non-hydrogen) atoms. The third-order valence-corrected chi connectivity index (χ3v) is 4.45. The van der Waals surface area contributed by atoms with Gasteiger partial charge in [-0.25, -0.2) is 0 Å². The number of thiocarbonyl (C=S) groups is 1. The van der Waals surface area contributed by atoms with Crippen molar-refractivity contribution in [1.29, 1.82) is 0 Å². The summed E-state index contributed by atoms with van der Waals surface area (Å²) in [6.45, 7) is 2.99. The maximum Gasteiger partial charge on any atom is 0.123 e. The molecule has 0 aromatic heterocycles. The Morgan fingerprint density at radius 2 is 2.16 bits per heavy atom. The molecule has 1 aliphatic heterocycles. The lowest BCUT2D eigenvalue weighted by Crippen LogP contribution is -2.37. The van der Waals surface area contributed by atoms with Crippen LogP contribution >= 0.6 is 28.1 Å². The molecular weight excluding hydrogens is 324 g/mol. The van der Waals surface area contributed by atoms with Crippen LogP contribution in [0.2, 0.25) is 0 Å². The molecule has 1 heterocycles. The number of rotatable bonds is 4. The van der Waals surface area contributed by atoms with Crippen molar-refractivity contribution < 1.29 is 4.74 Å². The van der Waals surface area contributed by atoms with Gasteiger partial charge >= 0.3 is 0 Å². The molecule has 0 unspecified atom stereocenters. The highest BCUT2D eigenvalue weighted by atomic mass is 79.9. The molecule has 0 radical (unpaired) electrons. The smallest absolute Gasteiger partial charge is 0.123 e. The Morgan fingerprint density at radius 1 is 1.47 bits per heavy atom. The first-order valence-electron chi connectivity index (χ1n) is 6.44. The number of halogens is 1. The van der Waals surface area contributed by atoms with E-state index in [1.54, 1.807) is 7.11 Å². The van der Waals surface area contributed by atoms with E-state index in [1.807, 2.05) is 12.1 Å². The third-order valence-electron chi connectivity index (χ3n) is 3.63. The zero-order valence-corrected chi connectivity index (χ0v) is 13.5. The summed E-state index contributed by atoms with van der Waals surface area (Å²) in [6.07, 6.45) is 2.12. The van der Waals surface area contributed by atoms with E-state index in [4.69, 9.17) is 22.7 Å². The van der Waals surface area contributed by atoms with E-state index in [-0.39, 0.29) is 0 Å². The number of ether oxygens (including phenoxy) is 1. The highest BCUT2D eigenvalue weighted by molar-refractivity contribution is 9.10. The lowest BCUT2D eigenvalue weighted by molar-refractivity contribution is 0.200. The molecule has 0 atom stereocenters. The van der Waals surface area contributed by atoms with Crippen molar-refractivity contribution in [2.75, 3.05) is 20.2 Å². The Bertz CT molecular complexity index is 459. The second-order valence-electron chi connectivity index (χ2n) is 4.91. The van der Waals surface area contributed by atoms with Crippen molar-refractivity contribution in [2.45, 2.75) is 19.4 Å². The monoisotopic (exact) mass is 342 g/mol. The van der Waals surface area contributed by atoms with Crippen LogP contribution in [-0.2, 0) is 6.54 Å². The number of hydrogen-bond donors (Lipinski definition) is 1. The molecular formula is C14H19BrN2OS. The number of benzene rings is 1.